The van der Waals surface area contributed by atoms with Gasteiger partial charge in [-0.15, -0.1) is 0 Å². The summed E-state index contributed by atoms with van der Waals surface area (Å²) in [5.41, 5.74) is 1.83. The molecule has 17 heavy (non-hydrogen) atoms. The van der Waals surface area contributed by atoms with E-state index in [1.807, 2.05) is 11.6 Å². The summed E-state index contributed by atoms with van der Waals surface area (Å²) in [5.74, 6) is 0. The Kier molecular flexibility index (Phi) is 4.11. The van der Waals surface area contributed by atoms with Gasteiger partial charge >= 0.3 is 6.09 Å². The largest absolute Gasteiger partial charge is 0.449 e. The summed E-state index contributed by atoms with van der Waals surface area (Å²) in [6.07, 6.45) is -0.967. The molecule has 1 aromatic rings. The third kappa shape index (κ3) is 3.45. The van der Waals surface area contributed by atoms with Crippen LogP contribution in [0.4, 0.5) is 4.79 Å². The lowest BCUT2D eigenvalue weighted by Crippen LogP contribution is -2.31. The average molecular weight is 257 g/mol. The quantitative estimate of drug-likeness (QED) is 0.895. The molecule has 6 heteroatoms. The molecule has 0 radical (unpaired) electrons. The fourth-order valence-corrected chi connectivity index (χ4v) is 2.19. The lowest BCUT2D eigenvalue weighted by Gasteiger charge is -2.08. The number of amides is 1. The highest BCUT2D eigenvalue weighted by Crippen LogP contribution is 2.14. The summed E-state index contributed by atoms with van der Waals surface area (Å²) in [6.45, 7) is 5.40. The molecule has 94 valence electrons. The molecule has 0 saturated carbocycles. The Morgan fingerprint density at radius 2 is 1.94 bits per heavy atom. The van der Waals surface area contributed by atoms with Crippen molar-refractivity contribution in [3.8, 4) is 0 Å². The molecule has 0 aliphatic heterocycles. The normalized spacial score (nSPS) is 11.0. The fourth-order valence-electron chi connectivity index (χ4n) is 1.21. The van der Waals surface area contributed by atoms with E-state index in [1.54, 1.807) is 19.9 Å². The third-order valence-electron chi connectivity index (χ3n) is 2.28. The van der Waals surface area contributed by atoms with Crippen LogP contribution in [0, 0.1) is 13.8 Å². The number of hydrogen-bond donors (Lipinski definition) is 1. The van der Waals surface area contributed by atoms with Gasteiger partial charge in [0.1, 0.15) is 0 Å². The number of carbonyl (C=O) groups excluding carboxylic acids is 1. The van der Waals surface area contributed by atoms with Gasteiger partial charge in [-0.3, -0.25) is 0 Å². The minimum atomic E-state index is -3.85. The number of aryl methyl sites for hydroxylation is 2. The van der Waals surface area contributed by atoms with E-state index in [1.165, 1.54) is 12.1 Å². The second kappa shape index (κ2) is 5.18. The number of benzene rings is 1. The Labute approximate surface area is 101 Å². The molecule has 1 rings (SSSR count). The van der Waals surface area contributed by atoms with Gasteiger partial charge in [0.2, 0.25) is 0 Å². The van der Waals surface area contributed by atoms with Crippen LogP contribution in [0.15, 0.2) is 23.1 Å². The Morgan fingerprint density at radius 1 is 1.29 bits per heavy atom. The number of rotatable bonds is 3. The van der Waals surface area contributed by atoms with Crippen molar-refractivity contribution in [2.75, 3.05) is 6.61 Å². The SMILES string of the molecule is CCOC(=O)NS(=O)(=O)c1ccc(C)c(C)c1. The molecular weight excluding hydrogens is 242 g/mol. The maximum atomic E-state index is 11.8. The van der Waals surface area contributed by atoms with Crippen LogP contribution in [0.1, 0.15) is 18.1 Å². The van der Waals surface area contributed by atoms with E-state index >= 15 is 0 Å². The van der Waals surface area contributed by atoms with Crippen LogP contribution in [0.25, 0.3) is 0 Å². The molecule has 0 spiro atoms. The fraction of sp³-hybridized carbons (Fsp3) is 0.364. The van der Waals surface area contributed by atoms with Crippen molar-refractivity contribution in [2.24, 2.45) is 0 Å². The van der Waals surface area contributed by atoms with Crippen LogP contribution in [0.3, 0.4) is 0 Å². The van der Waals surface area contributed by atoms with Crippen LogP contribution in [0.5, 0.6) is 0 Å². The van der Waals surface area contributed by atoms with Crippen molar-refractivity contribution in [2.45, 2.75) is 25.7 Å². The zero-order valence-corrected chi connectivity index (χ0v) is 10.8. The zero-order chi connectivity index (χ0) is 13.1. The summed E-state index contributed by atoms with van der Waals surface area (Å²) in [6, 6.07) is 4.65. The van der Waals surface area contributed by atoms with Gasteiger partial charge in [0.25, 0.3) is 10.0 Å². The number of carbonyl (C=O) groups is 1. The minimum Gasteiger partial charge on any atom is -0.449 e. The topological polar surface area (TPSA) is 72.5 Å². The molecule has 5 nitrogen and oxygen atoms in total. The molecule has 0 aromatic heterocycles. The highest BCUT2D eigenvalue weighted by molar-refractivity contribution is 7.90. The first kappa shape index (κ1) is 13.5. The first-order chi connectivity index (χ1) is 7.86. The number of nitrogens with one attached hydrogen (secondary N) is 1. The monoisotopic (exact) mass is 257 g/mol. The van der Waals surface area contributed by atoms with Crippen LogP contribution in [-0.4, -0.2) is 21.1 Å². The lowest BCUT2D eigenvalue weighted by molar-refractivity contribution is 0.158. The van der Waals surface area contributed by atoms with E-state index in [0.29, 0.717) is 0 Å². The van der Waals surface area contributed by atoms with Crippen molar-refractivity contribution in [3.63, 3.8) is 0 Å². The van der Waals surface area contributed by atoms with E-state index in [9.17, 15) is 13.2 Å². The Hall–Kier alpha value is -1.56. The standard InChI is InChI=1S/C11H15NO4S/c1-4-16-11(13)12-17(14,15)10-6-5-8(2)9(3)7-10/h5-7H,4H2,1-3H3,(H,12,13). The number of ether oxygens (including phenoxy) is 1. The third-order valence-corrected chi connectivity index (χ3v) is 3.59. The smallest absolute Gasteiger partial charge is 0.421 e. The Balaban J connectivity index is 2.97. The molecule has 0 aliphatic carbocycles. The highest BCUT2D eigenvalue weighted by atomic mass is 32.2. The van der Waals surface area contributed by atoms with Crippen molar-refractivity contribution in [3.05, 3.63) is 29.3 Å². The van der Waals surface area contributed by atoms with Gasteiger partial charge < -0.3 is 4.74 Å². The van der Waals surface area contributed by atoms with Gasteiger partial charge in [-0.2, -0.15) is 0 Å². The summed E-state index contributed by atoms with van der Waals surface area (Å²) in [5, 5.41) is 0. The van der Waals surface area contributed by atoms with Gasteiger partial charge in [0, 0.05) is 0 Å². The highest BCUT2D eigenvalue weighted by Gasteiger charge is 2.18. The molecule has 0 aliphatic rings. The molecule has 0 unspecified atom stereocenters. The zero-order valence-electron chi connectivity index (χ0n) is 9.98. The van der Waals surface area contributed by atoms with E-state index in [0.717, 1.165) is 11.1 Å². The lowest BCUT2D eigenvalue weighted by atomic mass is 10.1. The predicted octanol–water partition coefficient (Wildman–Crippen LogP) is 1.74. The van der Waals surface area contributed by atoms with Crippen LogP contribution < -0.4 is 4.72 Å². The summed E-state index contributed by atoms with van der Waals surface area (Å²) in [7, 11) is -3.85. The van der Waals surface area contributed by atoms with E-state index < -0.39 is 16.1 Å². The Morgan fingerprint density at radius 3 is 2.47 bits per heavy atom. The maximum absolute atomic E-state index is 11.8. The summed E-state index contributed by atoms with van der Waals surface area (Å²) in [4.78, 5) is 11.1. The molecule has 0 bridgehead atoms. The van der Waals surface area contributed by atoms with Gasteiger partial charge in [0.05, 0.1) is 11.5 Å². The second-order valence-corrected chi connectivity index (χ2v) is 5.25. The summed E-state index contributed by atoms with van der Waals surface area (Å²) >= 11 is 0. The first-order valence-corrected chi connectivity index (χ1v) is 6.62. The van der Waals surface area contributed by atoms with Gasteiger partial charge in [-0.05, 0) is 44.0 Å². The molecule has 0 heterocycles. The number of sulfonamides is 1. The molecular formula is C11H15NO4S. The molecule has 1 N–H and O–H groups in total. The molecule has 1 amide bonds. The average Bonchev–Trinajstić information content (AvgIpc) is 2.21. The van der Waals surface area contributed by atoms with Crippen LogP contribution in [0.2, 0.25) is 0 Å². The molecule has 0 atom stereocenters. The molecule has 1 aromatic carbocycles. The first-order valence-electron chi connectivity index (χ1n) is 5.13. The molecule has 0 saturated heterocycles. The van der Waals surface area contributed by atoms with Crippen molar-refractivity contribution < 1.29 is 17.9 Å². The van der Waals surface area contributed by atoms with Gasteiger partial charge in [-0.1, -0.05) is 6.07 Å². The van der Waals surface area contributed by atoms with Crippen molar-refractivity contribution in [1.82, 2.24) is 4.72 Å². The van der Waals surface area contributed by atoms with Crippen LogP contribution in [-0.2, 0) is 14.8 Å². The van der Waals surface area contributed by atoms with Crippen molar-refractivity contribution >= 4 is 16.1 Å². The van der Waals surface area contributed by atoms with E-state index in [-0.39, 0.29) is 11.5 Å². The minimum absolute atomic E-state index is 0.0497. The van der Waals surface area contributed by atoms with E-state index in [4.69, 9.17) is 0 Å². The predicted molar refractivity (Wildman–Crippen MR) is 63.3 cm³/mol. The van der Waals surface area contributed by atoms with Gasteiger partial charge in [-0.25, -0.2) is 17.9 Å². The van der Waals surface area contributed by atoms with Gasteiger partial charge in [0.15, 0.2) is 0 Å². The summed E-state index contributed by atoms with van der Waals surface area (Å²) < 4.78 is 29.9. The maximum Gasteiger partial charge on any atom is 0.421 e. The second-order valence-electron chi connectivity index (χ2n) is 3.57. The van der Waals surface area contributed by atoms with Crippen LogP contribution >= 0.6 is 0 Å². The van der Waals surface area contributed by atoms with E-state index in [2.05, 4.69) is 4.74 Å². The molecule has 0 fully saturated rings. The Bertz CT molecular complexity index is 522. The number of hydrogen-bond acceptors (Lipinski definition) is 4. The van der Waals surface area contributed by atoms with Crippen molar-refractivity contribution in [1.29, 1.82) is 0 Å².